The zero-order chi connectivity index (χ0) is 18.2. The Hall–Kier alpha value is -2.67. The van der Waals surface area contributed by atoms with Crippen LogP contribution in [0, 0.1) is 0 Å². The molecule has 0 aliphatic carbocycles. The molecule has 2 aromatic carbocycles. The van der Waals surface area contributed by atoms with Gasteiger partial charge in [0.05, 0.1) is 16.6 Å². The second-order valence-electron chi connectivity index (χ2n) is 6.76. The third-order valence-corrected chi connectivity index (χ3v) is 5.54. The van der Waals surface area contributed by atoms with Crippen LogP contribution in [0.5, 0.6) is 0 Å². The number of fused-ring (bicyclic) bond motifs is 2. The van der Waals surface area contributed by atoms with Crippen molar-refractivity contribution in [2.75, 3.05) is 36.0 Å². The van der Waals surface area contributed by atoms with Gasteiger partial charge in [-0.05, 0) is 36.8 Å². The molecule has 4 aromatic rings. The number of anilines is 2. The number of hydrogen-bond donors (Lipinski definition) is 1. The van der Waals surface area contributed by atoms with Gasteiger partial charge in [-0.25, -0.2) is 15.0 Å². The largest absolute Gasteiger partial charge is 0.354 e. The molecule has 2 aromatic heterocycles. The monoisotopic (exact) mass is 422 g/mol. The van der Waals surface area contributed by atoms with Crippen LogP contribution in [0.3, 0.4) is 0 Å². The molecule has 27 heavy (non-hydrogen) atoms. The van der Waals surface area contributed by atoms with Crippen LogP contribution in [0.2, 0.25) is 0 Å². The summed E-state index contributed by atoms with van der Waals surface area (Å²) in [6, 6.07) is 14.3. The van der Waals surface area contributed by atoms with Crippen LogP contribution < -0.4 is 9.80 Å². The summed E-state index contributed by atoms with van der Waals surface area (Å²) in [5, 5.41) is 1.09. The lowest BCUT2D eigenvalue weighted by Crippen LogP contribution is -2.31. The maximum atomic E-state index is 4.76. The van der Waals surface area contributed by atoms with Crippen LogP contribution in [0.4, 0.5) is 11.8 Å². The van der Waals surface area contributed by atoms with Crippen LogP contribution in [0.1, 0.15) is 6.42 Å². The van der Waals surface area contributed by atoms with E-state index in [4.69, 9.17) is 4.98 Å². The van der Waals surface area contributed by atoms with E-state index in [1.807, 2.05) is 30.3 Å². The minimum Gasteiger partial charge on any atom is -0.354 e. The molecular formula is C20H19BrN6. The van der Waals surface area contributed by atoms with Crippen LogP contribution in [0.25, 0.3) is 21.9 Å². The van der Waals surface area contributed by atoms with Crippen LogP contribution in [-0.2, 0) is 0 Å². The summed E-state index contributed by atoms with van der Waals surface area (Å²) in [4.78, 5) is 21.9. The highest BCUT2D eigenvalue weighted by atomic mass is 79.9. The molecule has 0 amide bonds. The normalized spacial score (nSPS) is 15.4. The van der Waals surface area contributed by atoms with Gasteiger partial charge < -0.3 is 14.8 Å². The number of nitrogens with zero attached hydrogens (tertiary/aromatic N) is 5. The highest BCUT2D eigenvalue weighted by Crippen LogP contribution is 2.27. The summed E-state index contributed by atoms with van der Waals surface area (Å²) in [5.74, 6) is 1.96. The maximum Gasteiger partial charge on any atom is 0.203 e. The van der Waals surface area contributed by atoms with Gasteiger partial charge in [0.25, 0.3) is 0 Å². The van der Waals surface area contributed by atoms with Crippen molar-refractivity contribution in [2.24, 2.45) is 0 Å². The number of nitrogens with one attached hydrogen (secondary N) is 1. The lowest BCUT2D eigenvalue weighted by atomic mass is 10.2. The molecule has 0 saturated carbocycles. The molecule has 3 heterocycles. The van der Waals surface area contributed by atoms with Crippen molar-refractivity contribution in [1.82, 2.24) is 19.9 Å². The standard InChI is InChI=1S/C20H19BrN6/c21-14-6-7-16-15(12-14)19(23-13-22-16)26-8-3-9-27(11-10-26)20-24-17-4-1-2-5-18(17)25-20/h1-2,4-7,12-13H,3,8-11H2,(H,24,25). The molecule has 0 atom stereocenters. The van der Waals surface area contributed by atoms with Gasteiger partial charge in [-0.1, -0.05) is 28.1 Å². The lowest BCUT2D eigenvalue weighted by Gasteiger charge is -2.23. The minimum absolute atomic E-state index is 0.898. The average molecular weight is 423 g/mol. The van der Waals surface area contributed by atoms with Crippen molar-refractivity contribution in [2.45, 2.75) is 6.42 Å². The summed E-state index contributed by atoms with van der Waals surface area (Å²) in [5.41, 5.74) is 3.07. The van der Waals surface area contributed by atoms with E-state index in [2.05, 4.69) is 52.8 Å². The number of aromatic nitrogens is 4. The molecule has 1 aliphatic rings. The highest BCUT2D eigenvalue weighted by Gasteiger charge is 2.20. The van der Waals surface area contributed by atoms with Crippen molar-refractivity contribution in [3.8, 4) is 0 Å². The second-order valence-corrected chi connectivity index (χ2v) is 7.68. The first-order valence-electron chi connectivity index (χ1n) is 9.13. The average Bonchev–Trinajstić information content (AvgIpc) is 2.97. The fraction of sp³-hybridized carbons (Fsp3) is 0.250. The van der Waals surface area contributed by atoms with Crippen molar-refractivity contribution < 1.29 is 0 Å². The molecule has 5 rings (SSSR count). The molecule has 7 heteroatoms. The molecule has 1 fully saturated rings. The Kier molecular flexibility index (Phi) is 4.16. The Balaban J connectivity index is 1.42. The number of imidazole rings is 1. The number of halogens is 1. The molecule has 0 unspecified atom stereocenters. The highest BCUT2D eigenvalue weighted by molar-refractivity contribution is 9.10. The third-order valence-electron chi connectivity index (χ3n) is 5.05. The Labute approximate surface area is 165 Å². The van der Waals surface area contributed by atoms with E-state index in [1.165, 1.54) is 0 Å². The first kappa shape index (κ1) is 16.5. The number of aromatic amines is 1. The maximum absolute atomic E-state index is 4.76. The van der Waals surface area contributed by atoms with Crippen molar-refractivity contribution in [3.05, 3.63) is 53.3 Å². The van der Waals surface area contributed by atoms with Crippen molar-refractivity contribution in [3.63, 3.8) is 0 Å². The van der Waals surface area contributed by atoms with E-state index in [0.717, 1.165) is 70.8 Å². The number of benzene rings is 2. The molecule has 136 valence electrons. The Morgan fingerprint density at radius 3 is 2.67 bits per heavy atom. The van der Waals surface area contributed by atoms with Crippen LogP contribution in [0.15, 0.2) is 53.3 Å². The van der Waals surface area contributed by atoms with E-state index < -0.39 is 0 Å². The van der Waals surface area contributed by atoms with E-state index in [1.54, 1.807) is 6.33 Å². The molecule has 0 bridgehead atoms. The van der Waals surface area contributed by atoms with Crippen LogP contribution in [-0.4, -0.2) is 46.1 Å². The summed E-state index contributed by atoms with van der Waals surface area (Å²) in [7, 11) is 0. The van der Waals surface area contributed by atoms with Gasteiger partial charge in [-0.2, -0.15) is 0 Å². The first-order valence-corrected chi connectivity index (χ1v) is 9.92. The summed E-state index contributed by atoms with van der Waals surface area (Å²) >= 11 is 3.57. The van der Waals surface area contributed by atoms with Gasteiger partial charge in [0.15, 0.2) is 0 Å². The Morgan fingerprint density at radius 1 is 0.889 bits per heavy atom. The molecule has 1 aliphatic heterocycles. The zero-order valence-electron chi connectivity index (χ0n) is 14.8. The summed E-state index contributed by atoms with van der Waals surface area (Å²) < 4.78 is 1.05. The smallest absolute Gasteiger partial charge is 0.203 e. The van der Waals surface area contributed by atoms with Gasteiger partial charge in [0.1, 0.15) is 12.1 Å². The number of hydrogen-bond acceptors (Lipinski definition) is 5. The molecule has 1 saturated heterocycles. The summed E-state index contributed by atoms with van der Waals surface area (Å²) in [6.45, 7) is 3.74. The summed E-state index contributed by atoms with van der Waals surface area (Å²) in [6.07, 6.45) is 2.71. The predicted molar refractivity (Wildman–Crippen MR) is 112 cm³/mol. The Morgan fingerprint density at radius 2 is 1.74 bits per heavy atom. The minimum atomic E-state index is 0.898. The Bertz CT molecular complexity index is 1070. The molecule has 0 spiro atoms. The molecule has 6 nitrogen and oxygen atoms in total. The lowest BCUT2D eigenvalue weighted by molar-refractivity contribution is 0.790. The van der Waals surface area contributed by atoms with Gasteiger partial charge in [-0.3, -0.25) is 0 Å². The predicted octanol–water partition coefficient (Wildman–Crippen LogP) is 3.99. The number of para-hydroxylation sites is 2. The van der Waals surface area contributed by atoms with Gasteiger partial charge in [0, 0.05) is 36.0 Å². The van der Waals surface area contributed by atoms with Gasteiger partial charge in [0.2, 0.25) is 5.95 Å². The third kappa shape index (κ3) is 3.12. The fourth-order valence-corrected chi connectivity index (χ4v) is 4.06. The molecule has 1 N–H and O–H groups in total. The van der Waals surface area contributed by atoms with E-state index in [9.17, 15) is 0 Å². The van der Waals surface area contributed by atoms with E-state index >= 15 is 0 Å². The number of H-pyrrole nitrogens is 1. The van der Waals surface area contributed by atoms with Crippen molar-refractivity contribution in [1.29, 1.82) is 0 Å². The van der Waals surface area contributed by atoms with Gasteiger partial charge >= 0.3 is 0 Å². The van der Waals surface area contributed by atoms with Crippen molar-refractivity contribution >= 4 is 49.6 Å². The van der Waals surface area contributed by atoms with Gasteiger partial charge in [-0.15, -0.1) is 0 Å². The fourth-order valence-electron chi connectivity index (χ4n) is 3.70. The first-order chi connectivity index (χ1) is 13.3. The molecular weight excluding hydrogens is 404 g/mol. The second kappa shape index (κ2) is 6.81. The quantitative estimate of drug-likeness (QED) is 0.529. The number of rotatable bonds is 2. The SMILES string of the molecule is Brc1ccc2ncnc(N3CCCN(c4nc5ccccc5[nH]4)CC3)c2c1. The zero-order valence-corrected chi connectivity index (χ0v) is 16.4. The van der Waals surface area contributed by atoms with E-state index in [0.29, 0.717) is 0 Å². The van der Waals surface area contributed by atoms with Crippen LogP contribution >= 0.6 is 15.9 Å². The topological polar surface area (TPSA) is 60.9 Å². The van der Waals surface area contributed by atoms with E-state index in [-0.39, 0.29) is 0 Å². The molecule has 0 radical (unpaired) electrons.